The molecule has 1 unspecified atom stereocenters. The minimum atomic E-state index is 0. The molecule has 0 aliphatic rings. The Kier molecular flexibility index (Phi) is 5.20. The Hall–Kier alpha value is -1.31. The highest BCUT2D eigenvalue weighted by Gasteiger charge is 2.05. The molecular formula is C15H18ClN. The molecule has 2 aromatic rings. The van der Waals surface area contributed by atoms with Crippen LogP contribution in [0, 0.1) is 0 Å². The van der Waals surface area contributed by atoms with E-state index in [0.717, 1.165) is 11.4 Å². The lowest BCUT2D eigenvalue weighted by Crippen LogP contribution is -1.97. The molecule has 0 bridgehead atoms. The highest BCUT2D eigenvalue weighted by atomic mass is 35.5. The van der Waals surface area contributed by atoms with Gasteiger partial charge in [-0.25, -0.2) is 0 Å². The molecule has 0 amide bonds. The predicted molar refractivity (Wildman–Crippen MR) is 75.0 cm³/mol. The summed E-state index contributed by atoms with van der Waals surface area (Å²) >= 11 is 5.87. The van der Waals surface area contributed by atoms with Crippen molar-refractivity contribution in [2.24, 2.45) is 0 Å². The molecular weight excluding hydrogens is 230 g/mol. The summed E-state index contributed by atoms with van der Waals surface area (Å²) in [5.74, 6) is 0.544. The Morgan fingerprint density at radius 1 is 0.941 bits per heavy atom. The summed E-state index contributed by atoms with van der Waals surface area (Å²) in [6.45, 7) is 2.25. The Morgan fingerprint density at radius 2 is 1.53 bits per heavy atom. The van der Waals surface area contributed by atoms with Gasteiger partial charge in [0.2, 0.25) is 0 Å². The molecule has 90 valence electrons. The lowest BCUT2D eigenvalue weighted by atomic mass is 9.94. The number of rotatable bonds is 3. The van der Waals surface area contributed by atoms with Crippen molar-refractivity contribution in [1.82, 2.24) is 6.15 Å². The van der Waals surface area contributed by atoms with Gasteiger partial charge >= 0.3 is 0 Å². The van der Waals surface area contributed by atoms with E-state index >= 15 is 0 Å². The van der Waals surface area contributed by atoms with Crippen molar-refractivity contribution in [3.8, 4) is 0 Å². The van der Waals surface area contributed by atoms with E-state index in [0.29, 0.717) is 5.92 Å². The number of halogens is 1. The first-order valence-corrected chi connectivity index (χ1v) is 5.93. The van der Waals surface area contributed by atoms with Gasteiger partial charge in [0.1, 0.15) is 0 Å². The van der Waals surface area contributed by atoms with E-state index in [1.165, 1.54) is 11.1 Å². The fraction of sp³-hybridized carbons (Fsp3) is 0.200. The van der Waals surface area contributed by atoms with Crippen molar-refractivity contribution in [3.63, 3.8) is 0 Å². The maximum absolute atomic E-state index is 5.87. The first-order chi connectivity index (χ1) is 7.75. The average Bonchev–Trinajstić information content (AvgIpc) is 2.33. The topological polar surface area (TPSA) is 35.0 Å². The number of hydrogen-bond donors (Lipinski definition) is 1. The third-order valence-corrected chi connectivity index (χ3v) is 3.08. The molecule has 3 N–H and O–H groups in total. The van der Waals surface area contributed by atoms with E-state index in [4.69, 9.17) is 11.6 Å². The summed E-state index contributed by atoms with van der Waals surface area (Å²) < 4.78 is 0. The first-order valence-electron chi connectivity index (χ1n) is 5.55. The molecule has 17 heavy (non-hydrogen) atoms. The predicted octanol–water partition coefficient (Wildman–Crippen LogP) is 4.85. The fourth-order valence-electron chi connectivity index (χ4n) is 1.87. The maximum Gasteiger partial charge on any atom is 0.0406 e. The Labute approximate surface area is 108 Å². The molecule has 0 aliphatic carbocycles. The molecule has 2 aromatic carbocycles. The molecule has 2 rings (SSSR count). The van der Waals surface area contributed by atoms with Crippen molar-refractivity contribution >= 4 is 11.6 Å². The molecule has 1 atom stereocenters. The third-order valence-electron chi connectivity index (χ3n) is 2.82. The second-order valence-electron chi connectivity index (χ2n) is 4.14. The van der Waals surface area contributed by atoms with E-state index in [-0.39, 0.29) is 6.15 Å². The molecule has 0 radical (unpaired) electrons. The molecule has 1 nitrogen and oxygen atoms in total. The quantitative estimate of drug-likeness (QED) is 0.827. The smallest absolute Gasteiger partial charge is 0.0406 e. The zero-order chi connectivity index (χ0) is 11.4. The summed E-state index contributed by atoms with van der Waals surface area (Å²) in [6, 6.07) is 18.7. The molecule has 2 heteroatoms. The molecule has 0 heterocycles. The van der Waals surface area contributed by atoms with Crippen molar-refractivity contribution in [1.29, 1.82) is 0 Å². The largest absolute Gasteiger partial charge is 0.344 e. The minimum Gasteiger partial charge on any atom is -0.344 e. The lowest BCUT2D eigenvalue weighted by Gasteiger charge is -2.11. The van der Waals surface area contributed by atoms with Gasteiger partial charge in [-0.05, 0) is 35.6 Å². The van der Waals surface area contributed by atoms with Gasteiger partial charge in [-0.15, -0.1) is 0 Å². The van der Waals surface area contributed by atoms with Crippen LogP contribution in [-0.4, -0.2) is 0 Å². The van der Waals surface area contributed by atoms with Crippen LogP contribution in [0.5, 0.6) is 0 Å². The third kappa shape index (κ3) is 3.88. The summed E-state index contributed by atoms with van der Waals surface area (Å²) in [4.78, 5) is 0. The second kappa shape index (κ2) is 6.43. The molecule has 0 saturated heterocycles. The summed E-state index contributed by atoms with van der Waals surface area (Å²) in [6.07, 6.45) is 1.06. The van der Waals surface area contributed by atoms with Gasteiger partial charge in [-0.1, -0.05) is 61.0 Å². The van der Waals surface area contributed by atoms with Gasteiger partial charge in [-0.2, -0.15) is 0 Å². The van der Waals surface area contributed by atoms with E-state index in [2.05, 4.69) is 49.4 Å². The van der Waals surface area contributed by atoms with E-state index < -0.39 is 0 Å². The SMILES string of the molecule is CC(Cc1ccc(Cl)cc1)c1ccccc1.N. The van der Waals surface area contributed by atoms with Crippen LogP contribution in [0.4, 0.5) is 0 Å². The summed E-state index contributed by atoms with van der Waals surface area (Å²) in [5.41, 5.74) is 2.72. The first kappa shape index (κ1) is 13.8. The molecule has 0 spiro atoms. The Morgan fingerprint density at radius 3 is 2.12 bits per heavy atom. The van der Waals surface area contributed by atoms with Crippen LogP contribution in [0.15, 0.2) is 54.6 Å². The Balaban J connectivity index is 0.00000144. The monoisotopic (exact) mass is 247 g/mol. The average molecular weight is 248 g/mol. The highest BCUT2D eigenvalue weighted by molar-refractivity contribution is 6.30. The van der Waals surface area contributed by atoms with Gasteiger partial charge < -0.3 is 6.15 Å². The van der Waals surface area contributed by atoms with Crippen LogP contribution in [0.3, 0.4) is 0 Å². The van der Waals surface area contributed by atoms with Crippen LogP contribution in [-0.2, 0) is 6.42 Å². The zero-order valence-electron chi connectivity index (χ0n) is 10.1. The van der Waals surface area contributed by atoms with Crippen molar-refractivity contribution < 1.29 is 0 Å². The normalized spacial score (nSPS) is 11.6. The van der Waals surface area contributed by atoms with Gasteiger partial charge in [0.15, 0.2) is 0 Å². The standard InChI is InChI=1S/C15H15Cl.H3N/c1-12(14-5-3-2-4-6-14)11-13-7-9-15(16)10-8-13;/h2-10,12H,11H2,1H3;1H3. The number of benzene rings is 2. The van der Waals surface area contributed by atoms with Gasteiger partial charge in [0.25, 0.3) is 0 Å². The van der Waals surface area contributed by atoms with Gasteiger partial charge in [0, 0.05) is 5.02 Å². The zero-order valence-corrected chi connectivity index (χ0v) is 10.8. The van der Waals surface area contributed by atoms with Gasteiger partial charge in [0.05, 0.1) is 0 Å². The van der Waals surface area contributed by atoms with E-state index in [1.807, 2.05) is 12.1 Å². The molecule has 0 aliphatic heterocycles. The van der Waals surface area contributed by atoms with Crippen LogP contribution >= 0.6 is 11.6 Å². The van der Waals surface area contributed by atoms with E-state index in [1.54, 1.807) is 0 Å². The maximum atomic E-state index is 5.87. The summed E-state index contributed by atoms with van der Waals surface area (Å²) in [7, 11) is 0. The van der Waals surface area contributed by atoms with Crippen molar-refractivity contribution in [3.05, 3.63) is 70.7 Å². The van der Waals surface area contributed by atoms with Crippen LogP contribution < -0.4 is 6.15 Å². The minimum absolute atomic E-state index is 0. The van der Waals surface area contributed by atoms with Crippen LogP contribution in [0.2, 0.25) is 5.02 Å². The van der Waals surface area contributed by atoms with Crippen molar-refractivity contribution in [2.45, 2.75) is 19.3 Å². The molecule has 0 aromatic heterocycles. The second-order valence-corrected chi connectivity index (χ2v) is 4.58. The molecule has 0 fully saturated rings. The van der Waals surface area contributed by atoms with Gasteiger partial charge in [-0.3, -0.25) is 0 Å². The van der Waals surface area contributed by atoms with E-state index in [9.17, 15) is 0 Å². The van der Waals surface area contributed by atoms with Crippen molar-refractivity contribution in [2.75, 3.05) is 0 Å². The lowest BCUT2D eigenvalue weighted by molar-refractivity contribution is 0.759. The van der Waals surface area contributed by atoms with Crippen LogP contribution in [0.1, 0.15) is 24.0 Å². The van der Waals surface area contributed by atoms with Crippen LogP contribution in [0.25, 0.3) is 0 Å². The number of hydrogen-bond acceptors (Lipinski definition) is 1. The molecule has 0 saturated carbocycles. The Bertz CT molecular complexity index is 436. The highest BCUT2D eigenvalue weighted by Crippen LogP contribution is 2.20. The summed E-state index contributed by atoms with van der Waals surface area (Å²) in [5, 5.41) is 0.802. The fourth-order valence-corrected chi connectivity index (χ4v) is 2.00.